The van der Waals surface area contributed by atoms with Gasteiger partial charge in [0.1, 0.15) is 5.69 Å². The number of carboxylic acid groups (broad SMARTS) is 1. The van der Waals surface area contributed by atoms with Gasteiger partial charge in [0.25, 0.3) is 6.43 Å². The summed E-state index contributed by atoms with van der Waals surface area (Å²) in [5.74, 6) is -1.13. The average molecular weight is 440 g/mol. The molecule has 0 aliphatic carbocycles. The minimum atomic E-state index is -2.67. The molecule has 2 N–H and O–H groups in total. The number of hydrogen-bond donors (Lipinski definition) is 2. The molecule has 2 unspecified atom stereocenters. The van der Waals surface area contributed by atoms with Crippen molar-refractivity contribution in [3.63, 3.8) is 0 Å². The lowest BCUT2D eigenvalue weighted by molar-refractivity contribution is 0.0697. The second-order valence-electron chi connectivity index (χ2n) is 8.32. The number of nitrogens with one attached hydrogen (secondary N) is 1. The van der Waals surface area contributed by atoms with E-state index >= 15 is 0 Å². The number of aryl methyl sites for hydroxylation is 1. The van der Waals surface area contributed by atoms with Gasteiger partial charge in [-0.2, -0.15) is 0 Å². The van der Waals surface area contributed by atoms with Crippen LogP contribution in [0.1, 0.15) is 70.9 Å². The predicted octanol–water partition coefficient (Wildman–Crippen LogP) is 6.25. The number of halogens is 2. The molecule has 3 aromatic rings. The smallest absolute Gasteiger partial charge is 0.337 e. The molecular formula is C25H26F2N2O3. The number of aromatic carboxylic acids is 1. The van der Waals surface area contributed by atoms with Crippen LogP contribution in [-0.2, 0) is 4.74 Å². The molecular weight excluding hydrogens is 414 g/mol. The number of para-hydroxylation sites is 1. The van der Waals surface area contributed by atoms with Crippen molar-refractivity contribution in [3.8, 4) is 0 Å². The number of carbonyl (C=O) groups is 1. The molecule has 0 radical (unpaired) electrons. The molecule has 4 rings (SSSR count). The molecule has 1 fully saturated rings. The Morgan fingerprint density at radius 3 is 2.72 bits per heavy atom. The second kappa shape index (κ2) is 9.20. The van der Waals surface area contributed by atoms with Crippen LogP contribution in [0.4, 0.5) is 14.5 Å². The first-order valence-corrected chi connectivity index (χ1v) is 10.7. The van der Waals surface area contributed by atoms with Gasteiger partial charge in [0.15, 0.2) is 0 Å². The third kappa shape index (κ3) is 4.43. The fourth-order valence-electron chi connectivity index (χ4n) is 4.43. The zero-order chi connectivity index (χ0) is 22.8. The highest BCUT2D eigenvalue weighted by Gasteiger charge is 2.26. The van der Waals surface area contributed by atoms with E-state index in [-0.39, 0.29) is 23.2 Å². The number of hydrogen-bond acceptors (Lipinski definition) is 4. The lowest BCUT2D eigenvalue weighted by Gasteiger charge is -2.26. The van der Waals surface area contributed by atoms with Crippen molar-refractivity contribution in [1.82, 2.24) is 4.98 Å². The number of ether oxygens (including phenoxy) is 1. The molecule has 1 aliphatic rings. The number of anilines is 1. The first-order valence-electron chi connectivity index (χ1n) is 10.7. The molecule has 2 aromatic carbocycles. The van der Waals surface area contributed by atoms with Crippen LogP contribution in [0, 0.1) is 6.92 Å². The van der Waals surface area contributed by atoms with Gasteiger partial charge in [-0.3, -0.25) is 0 Å². The molecule has 0 saturated carbocycles. The van der Waals surface area contributed by atoms with Crippen LogP contribution in [0.2, 0.25) is 0 Å². The van der Waals surface area contributed by atoms with Crippen LogP contribution < -0.4 is 5.32 Å². The molecule has 2 heterocycles. The predicted molar refractivity (Wildman–Crippen MR) is 120 cm³/mol. The van der Waals surface area contributed by atoms with Crippen LogP contribution in [0.5, 0.6) is 0 Å². The van der Waals surface area contributed by atoms with Gasteiger partial charge >= 0.3 is 5.97 Å². The summed E-state index contributed by atoms with van der Waals surface area (Å²) < 4.78 is 33.4. The number of rotatable bonds is 6. The second-order valence-corrected chi connectivity index (χ2v) is 8.32. The molecule has 0 amide bonds. The summed E-state index contributed by atoms with van der Waals surface area (Å²) in [6.45, 7) is 4.88. The largest absolute Gasteiger partial charge is 0.478 e. The van der Waals surface area contributed by atoms with E-state index in [2.05, 4.69) is 10.3 Å². The van der Waals surface area contributed by atoms with Crippen molar-refractivity contribution in [3.05, 3.63) is 70.4 Å². The molecule has 168 valence electrons. The molecule has 5 nitrogen and oxygen atoms in total. The number of alkyl halides is 2. The van der Waals surface area contributed by atoms with Gasteiger partial charge in [-0.05, 0) is 67.6 Å². The Morgan fingerprint density at radius 1 is 1.25 bits per heavy atom. The molecule has 32 heavy (non-hydrogen) atoms. The summed E-state index contributed by atoms with van der Waals surface area (Å²) in [5.41, 5.74) is 3.32. The zero-order valence-electron chi connectivity index (χ0n) is 18.1. The Bertz CT molecular complexity index is 1140. The number of nitrogens with zero attached hydrogens (tertiary/aromatic N) is 1. The number of fused-ring (bicyclic) bond motifs is 1. The van der Waals surface area contributed by atoms with Gasteiger partial charge < -0.3 is 15.2 Å². The van der Waals surface area contributed by atoms with Crippen molar-refractivity contribution in [2.24, 2.45) is 0 Å². The summed E-state index contributed by atoms with van der Waals surface area (Å²) in [6.07, 6.45) is -1.05. The third-order valence-electron chi connectivity index (χ3n) is 5.97. The fourth-order valence-corrected chi connectivity index (χ4v) is 4.43. The maximum absolute atomic E-state index is 13.9. The summed E-state index contributed by atoms with van der Waals surface area (Å²) in [4.78, 5) is 16.0. The Labute approximate surface area is 185 Å². The van der Waals surface area contributed by atoms with Crippen LogP contribution in [0.3, 0.4) is 0 Å². The number of pyridine rings is 1. The van der Waals surface area contributed by atoms with Gasteiger partial charge in [0.2, 0.25) is 0 Å². The van der Waals surface area contributed by atoms with Crippen molar-refractivity contribution < 1.29 is 23.4 Å². The lowest BCUT2D eigenvalue weighted by atomic mass is 9.89. The zero-order valence-corrected chi connectivity index (χ0v) is 18.1. The van der Waals surface area contributed by atoms with Crippen molar-refractivity contribution in [2.45, 2.75) is 45.1 Å². The van der Waals surface area contributed by atoms with Crippen molar-refractivity contribution >= 4 is 22.6 Å². The average Bonchev–Trinajstić information content (AvgIpc) is 2.78. The van der Waals surface area contributed by atoms with Gasteiger partial charge in [0, 0.05) is 29.6 Å². The van der Waals surface area contributed by atoms with Crippen LogP contribution >= 0.6 is 0 Å². The van der Waals surface area contributed by atoms with E-state index in [4.69, 9.17) is 4.74 Å². The minimum absolute atomic E-state index is 0.116. The Hall–Kier alpha value is -3.06. The Balaban J connectivity index is 1.81. The van der Waals surface area contributed by atoms with Crippen LogP contribution in [0.25, 0.3) is 10.9 Å². The maximum Gasteiger partial charge on any atom is 0.337 e. The van der Waals surface area contributed by atoms with Gasteiger partial charge in [-0.25, -0.2) is 18.6 Å². The quantitative estimate of drug-likeness (QED) is 0.474. The third-order valence-corrected chi connectivity index (χ3v) is 5.97. The van der Waals surface area contributed by atoms with E-state index < -0.39 is 12.4 Å². The molecule has 1 aromatic heterocycles. The molecule has 2 atom stereocenters. The highest BCUT2D eigenvalue weighted by Crippen LogP contribution is 2.37. The van der Waals surface area contributed by atoms with E-state index in [9.17, 15) is 18.7 Å². The summed E-state index contributed by atoms with van der Waals surface area (Å²) >= 11 is 0. The van der Waals surface area contributed by atoms with Crippen molar-refractivity contribution in [2.75, 3.05) is 18.5 Å². The topological polar surface area (TPSA) is 71.5 Å². The highest BCUT2D eigenvalue weighted by atomic mass is 19.3. The van der Waals surface area contributed by atoms with Crippen molar-refractivity contribution in [1.29, 1.82) is 0 Å². The SMILES string of the molecule is Cc1cc(C(C)Nc2ccccc2C(=O)O)c2cc(C3CCCOC3)c(C(F)F)nc2c1. The summed E-state index contributed by atoms with van der Waals surface area (Å²) in [7, 11) is 0. The number of aromatic nitrogens is 1. The molecule has 1 aliphatic heterocycles. The lowest BCUT2D eigenvalue weighted by Crippen LogP contribution is -2.18. The molecule has 0 spiro atoms. The van der Waals surface area contributed by atoms with E-state index in [0.29, 0.717) is 30.0 Å². The standard InChI is InChI=1S/C25H26F2N2O3/c1-14-10-18(15(2)28-21-8-4-3-7-17(21)25(30)31)20-12-19(16-6-5-9-32-13-16)23(24(26)27)29-22(20)11-14/h3-4,7-8,10-12,15-16,24,28H,5-6,9,13H2,1-2H3,(H,30,31). The van der Waals surface area contributed by atoms with E-state index in [1.54, 1.807) is 24.3 Å². The number of benzene rings is 2. The van der Waals surface area contributed by atoms with E-state index in [1.807, 2.05) is 32.0 Å². The van der Waals surface area contributed by atoms with Gasteiger partial charge in [-0.15, -0.1) is 0 Å². The monoisotopic (exact) mass is 440 g/mol. The summed E-state index contributed by atoms with van der Waals surface area (Å²) in [6, 6.07) is 12.1. The Morgan fingerprint density at radius 2 is 2.03 bits per heavy atom. The first kappa shape index (κ1) is 22.1. The van der Waals surface area contributed by atoms with Crippen LogP contribution in [-0.4, -0.2) is 29.3 Å². The molecule has 1 saturated heterocycles. The van der Waals surface area contributed by atoms with E-state index in [1.165, 1.54) is 0 Å². The molecule has 7 heteroatoms. The number of carboxylic acids is 1. The van der Waals surface area contributed by atoms with Gasteiger partial charge in [-0.1, -0.05) is 18.2 Å². The Kier molecular flexibility index (Phi) is 6.37. The minimum Gasteiger partial charge on any atom is -0.478 e. The molecule has 0 bridgehead atoms. The fraction of sp³-hybridized carbons (Fsp3) is 0.360. The normalized spacial score (nSPS) is 17.5. The summed E-state index contributed by atoms with van der Waals surface area (Å²) in [5, 5.41) is 13.6. The maximum atomic E-state index is 13.9. The van der Waals surface area contributed by atoms with Gasteiger partial charge in [0.05, 0.1) is 17.7 Å². The highest BCUT2D eigenvalue weighted by molar-refractivity contribution is 5.94. The van der Waals surface area contributed by atoms with E-state index in [0.717, 1.165) is 29.4 Å². The van der Waals surface area contributed by atoms with Crippen LogP contribution in [0.15, 0.2) is 42.5 Å². The first-order chi connectivity index (χ1) is 15.3.